The first-order valence-electron chi connectivity index (χ1n) is 6.70. The quantitative estimate of drug-likeness (QED) is 0.734. The molecule has 0 fully saturated rings. The van der Waals surface area contributed by atoms with Gasteiger partial charge in [0.25, 0.3) is 0 Å². The van der Waals surface area contributed by atoms with Gasteiger partial charge in [-0.1, -0.05) is 0 Å². The summed E-state index contributed by atoms with van der Waals surface area (Å²) in [5, 5.41) is 6.68. The largest absolute Gasteiger partial charge is 0.463 e. The van der Waals surface area contributed by atoms with E-state index >= 15 is 0 Å². The van der Waals surface area contributed by atoms with Crippen LogP contribution in [0.15, 0.2) is 47.1 Å². The van der Waals surface area contributed by atoms with Crippen molar-refractivity contribution in [3.63, 3.8) is 0 Å². The molecular formula is C15H19FN3OS+. The Balaban J connectivity index is 1.89. The molecule has 1 aromatic heterocycles. The van der Waals surface area contributed by atoms with Gasteiger partial charge >= 0.3 is 0 Å². The van der Waals surface area contributed by atoms with Gasteiger partial charge in [-0.25, -0.2) is 4.39 Å². The third-order valence-electron chi connectivity index (χ3n) is 3.15. The minimum Gasteiger partial charge on any atom is -0.463 e. The summed E-state index contributed by atoms with van der Waals surface area (Å²) in [7, 11) is 4.12. The molecule has 0 bridgehead atoms. The molecule has 112 valence electrons. The van der Waals surface area contributed by atoms with Crippen molar-refractivity contribution in [3.05, 3.63) is 54.2 Å². The molecule has 2 aromatic rings. The maximum absolute atomic E-state index is 12.8. The maximum Gasteiger partial charge on any atom is 0.171 e. The van der Waals surface area contributed by atoms with Crippen molar-refractivity contribution in [3.8, 4) is 0 Å². The molecule has 3 N–H and O–H groups in total. The Morgan fingerprint density at radius 2 is 2.00 bits per heavy atom. The highest BCUT2D eigenvalue weighted by Crippen LogP contribution is 2.10. The average molecular weight is 308 g/mol. The topological polar surface area (TPSA) is 41.6 Å². The van der Waals surface area contributed by atoms with Gasteiger partial charge in [-0.05, 0) is 48.6 Å². The van der Waals surface area contributed by atoms with Crippen LogP contribution in [0.1, 0.15) is 11.8 Å². The highest BCUT2D eigenvalue weighted by atomic mass is 32.1. The summed E-state index contributed by atoms with van der Waals surface area (Å²) < 4.78 is 18.3. The summed E-state index contributed by atoms with van der Waals surface area (Å²) in [5.41, 5.74) is 0.751. The molecule has 0 aliphatic heterocycles. The van der Waals surface area contributed by atoms with Crippen LogP contribution in [-0.2, 0) is 0 Å². The van der Waals surface area contributed by atoms with E-state index < -0.39 is 0 Å². The summed E-state index contributed by atoms with van der Waals surface area (Å²) in [4.78, 5) is 1.24. The Morgan fingerprint density at radius 3 is 2.57 bits per heavy atom. The van der Waals surface area contributed by atoms with Crippen molar-refractivity contribution in [2.24, 2.45) is 0 Å². The Bertz CT molecular complexity index is 569. The van der Waals surface area contributed by atoms with Gasteiger partial charge in [-0.3, -0.25) is 0 Å². The zero-order chi connectivity index (χ0) is 15.2. The van der Waals surface area contributed by atoms with Crippen LogP contribution in [0, 0.1) is 5.82 Å². The molecule has 0 saturated carbocycles. The second kappa shape index (κ2) is 7.19. The van der Waals surface area contributed by atoms with Gasteiger partial charge in [0.05, 0.1) is 26.9 Å². The molecule has 0 unspecified atom stereocenters. The van der Waals surface area contributed by atoms with Crippen LogP contribution in [-0.4, -0.2) is 25.8 Å². The summed E-state index contributed by atoms with van der Waals surface area (Å²) in [5.74, 6) is 0.639. The van der Waals surface area contributed by atoms with Gasteiger partial charge < -0.3 is 20.0 Å². The van der Waals surface area contributed by atoms with E-state index in [-0.39, 0.29) is 11.9 Å². The number of hydrogen-bond acceptors (Lipinski definition) is 2. The molecule has 1 aromatic carbocycles. The predicted molar refractivity (Wildman–Crippen MR) is 84.9 cm³/mol. The zero-order valence-electron chi connectivity index (χ0n) is 12.0. The van der Waals surface area contributed by atoms with Crippen molar-refractivity contribution in [2.75, 3.05) is 26.0 Å². The van der Waals surface area contributed by atoms with Crippen LogP contribution in [0.3, 0.4) is 0 Å². The maximum atomic E-state index is 12.8. The van der Waals surface area contributed by atoms with Gasteiger partial charge in [0, 0.05) is 5.69 Å². The lowest BCUT2D eigenvalue weighted by Crippen LogP contribution is -3.07. The molecule has 0 spiro atoms. The molecule has 0 aliphatic carbocycles. The standard InChI is InChI=1S/C15H18FN3OS/c1-19(2)13(14-4-3-9-20-14)10-17-15(21)18-12-7-5-11(16)6-8-12/h3-9,13H,10H2,1-2H3,(H2,17,18,21)/p+1/t13-/m1/s1. The zero-order valence-corrected chi connectivity index (χ0v) is 12.8. The number of rotatable bonds is 5. The Kier molecular flexibility index (Phi) is 5.30. The second-order valence-corrected chi connectivity index (χ2v) is 5.40. The summed E-state index contributed by atoms with van der Waals surface area (Å²) in [6.07, 6.45) is 1.67. The second-order valence-electron chi connectivity index (χ2n) is 4.99. The SMILES string of the molecule is C[NH+](C)[C@H](CNC(=S)Nc1ccc(F)cc1)c1ccco1. The molecule has 0 radical (unpaired) electrons. The van der Waals surface area contributed by atoms with Gasteiger partial charge in [0.2, 0.25) is 0 Å². The average Bonchev–Trinajstić information content (AvgIpc) is 2.95. The van der Waals surface area contributed by atoms with Crippen molar-refractivity contribution >= 4 is 23.0 Å². The lowest BCUT2D eigenvalue weighted by atomic mass is 10.2. The van der Waals surface area contributed by atoms with Crippen LogP contribution < -0.4 is 15.5 Å². The van der Waals surface area contributed by atoms with Crippen LogP contribution in [0.25, 0.3) is 0 Å². The third kappa shape index (κ3) is 4.54. The number of nitrogens with one attached hydrogen (secondary N) is 3. The molecule has 4 nitrogen and oxygen atoms in total. The van der Waals surface area contributed by atoms with E-state index in [2.05, 4.69) is 24.7 Å². The molecule has 1 atom stereocenters. The molecule has 0 amide bonds. The number of anilines is 1. The lowest BCUT2D eigenvalue weighted by Gasteiger charge is -2.20. The summed E-state index contributed by atoms with van der Waals surface area (Å²) in [6.45, 7) is 0.642. The molecule has 2 rings (SSSR count). The molecular weight excluding hydrogens is 289 g/mol. The molecule has 6 heteroatoms. The van der Waals surface area contributed by atoms with Gasteiger partial charge in [0.1, 0.15) is 5.82 Å². The molecule has 0 saturated heterocycles. The number of benzene rings is 1. The smallest absolute Gasteiger partial charge is 0.171 e. The number of hydrogen-bond donors (Lipinski definition) is 3. The molecule has 1 heterocycles. The Hall–Kier alpha value is -1.92. The van der Waals surface area contributed by atoms with E-state index in [0.717, 1.165) is 11.4 Å². The van der Waals surface area contributed by atoms with E-state index in [9.17, 15) is 4.39 Å². The van der Waals surface area contributed by atoms with E-state index in [0.29, 0.717) is 11.7 Å². The minimum absolute atomic E-state index is 0.160. The van der Waals surface area contributed by atoms with Crippen molar-refractivity contribution in [2.45, 2.75) is 6.04 Å². The van der Waals surface area contributed by atoms with Crippen LogP contribution in [0.2, 0.25) is 0 Å². The fourth-order valence-electron chi connectivity index (χ4n) is 1.98. The fraction of sp³-hybridized carbons (Fsp3) is 0.267. The van der Waals surface area contributed by atoms with Crippen molar-refractivity contribution < 1.29 is 13.7 Å². The number of quaternary nitrogens is 1. The van der Waals surface area contributed by atoms with Gasteiger partial charge in [0.15, 0.2) is 16.9 Å². The van der Waals surface area contributed by atoms with E-state index in [4.69, 9.17) is 16.6 Å². The summed E-state index contributed by atoms with van der Waals surface area (Å²) in [6, 6.07) is 10.1. The first-order chi connectivity index (χ1) is 10.1. The normalized spacial score (nSPS) is 12.2. The summed E-state index contributed by atoms with van der Waals surface area (Å²) >= 11 is 5.25. The lowest BCUT2D eigenvalue weighted by molar-refractivity contribution is -0.891. The van der Waals surface area contributed by atoms with E-state index in [1.807, 2.05) is 12.1 Å². The number of furan rings is 1. The van der Waals surface area contributed by atoms with Crippen LogP contribution in [0.4, 0.5) is 10.1 Å². The van der Waals surface area contributed by atoms with Crippen LogP contribution >= 0.6 is 12.2 Å². The molecule has 0 aliphatic rings. The van der Waals surface area contributed by atoms with Gasteiger partial charge in [-0.2, -0.15) is 0 Å². The minimum atomic E-state index is -0.270. The Morgan fingerprint density at radius 1 is 1.29 bits per heavy atom. The fourth-order valence-corrected chi connectivity index (χ4v) is 2.18. The van der Waals surface area contributed by atoms with Crippen LogP contribution in [0.5, 0.6) is 0 Å². The van der Waals surface area contributed by atoms with Crippen molar-refractivity contribution in [1.82, 2.24) is 5.32 Å². The van der Waals surface area contributed by atoms with E-state index in [1.54, 1.807) is 18.4 Å². The first-order valence-corrected chi connectivity index (χ1v) is 7.11. The van der Waals surface area contributed by atoms with Crippen molar-refractivity contribution in [1.29, 1.82) is 0 Å². The Labute approximate surface area is 128 Å². The molecule has 21 heavy (non-hydrogen) atoms. The van der Waals surface area contributed by atoms with E-state index in [1.165, 1.54) is 17.0 Å². The third-order valence-corrected chi connectivity index (χ3v) is 3.40. The number of thiocarbonyl (C=S) groups is 1. The number of likely N-dealkylation sites (N-methyl/N-ethyl adjacent to an activating group) is 1. The highest BCUT2D eigenvalue weighted by Gasteiger charge is 2.20. The van der Waals surface area contributed by atoms with Gasteiger partial charge in [-0.15, -0.1) is 0 Å². The first kappa shape index (κ1) is 15.5. The predicted octanol–water partition coefficient (Wildman–Crippen LogP) is 1.59. The highest BCUT2D eigenvalue weighted by molar-refractivity contribution is 7.80. The number of halogens is 1. The monoisotopic (exact) mass is 308 g/mol.